The van der Waals surface area contributed by atoms with E-state index in [1.54, 1.807) is 0 Å². The monoisotopic (exact) mass is 160 g/mol. The molecule has 0 radical (unpaired) electrons. The highest BCUT2D eigenvalue weighted by Crippen LogP contribution is 2.10. The van der Waals surface area contributed by atoms with Gasteiger partial charge < -0.3 is 15.9 Å². The van der Waals surface area contributed by atoms with Gasteiger partial charge in [-0.15, -0.1) is 0 Å². The SMILES string of the molecule is NCN1CCCC(O)C(O)C1. The lowest BCUT2D eigenvalue weighted by Gasteiger charge is -2.20. The molecular weight excluding hydrogens is 144 g/mol. The number of β-amino-alcohol motifs (C(OH)–C–C–N with tert-alkyl or cyclic N) is 1. The first-order valence-electron chi connectivity index (χ1n) is 4.02. The minimum absolute atomic E-state index is 0.462. The second-order valence-electron chi connectivity index (χ2n) is 3.04. The van der Waals surface area contributed by atoms with Gasteiger partial charge in [-0.1, -0.05) is 0 Å². The maximum Gasteiger partial charge on any atom is 0.0926 e. The summed E-state index contributed by atoms with van der Waals surface area (Å²) in [5, 5.41) is 18.6. The molecule has 2 unspecified atom stereocenters. The van der Waals surface area contributed by atoms with Crippen molar-refractivity contribution in [1.82, 2.24) is 4.90 Å². The molecule has 1 aliphatic rings. The molecule has 66 valence electrons. The van der Waals surface area contributed by atoms with Crippen LogP contribution in [0.4, 0.5) is 0 Å². The average molecular weight is 160 g/mol. The van der Waals surface area contributed by atoms with Crippen LogP contribution in [0.1, 0.15) is 12.8 Å². The molecule has 4 nitrogen and oxygen atoms in total. The third kappa shape index (κ3) is 2.41. The molecule has 0 aromatic rings. The Balaban J connectivity index is 2.41. The van der Waals surface area contributed by atoms with Crippen molar-refractivity contribution in [2.24, 2.45) is 5.73 Å². The predicted octanol–water partition coefficient (Wildman–Crippen LogP) is -1.28. The molecular formula is C7H16N2O2. The quantitative estimate of drug-likeness (QED) is 0.447. The van der Waals surface area contributed by atoms with Gasteiger partial charge in [0.1, 0.15) is 0 Å². The zero-order valence-electron chi connectivity index (χ0n) is 6.61. The predicted molar refractivity (Wildman–Crippen MR) is 41.9 cm³/mol. The van der Waals surface area contributed by atoms with Crippen molar-refractivity contribution in [3.8, 4) is 0 Å². The van der Waals surface area contributed by atoms with E-state index in [2.05, 4.69) is 0 Å². The summed E-state index contributed by atoms with van der Waals surface area (Å²) in [6, 6.07) is 0. The van der Waals surface area contributed by atoms with Crippen LogP contribution in [0.2, 0.25) is 0 Å². The van der Waals surface area contributed by atoms with E-state index in [0.717, 1.165) is 13.0 Å². The summed E-state index contributed by atoms with van der Waals surface area (Å²) in [5.41, 5.74) is 5.41. The molecule has 0 spiro atoms. The maximum atomic E-state index is 9.31. The molecule has 0 aromatic heterocycles. The van der Waals surface area contributed by atoms with E-state index in [4.69, 9.17) is 5.73 Å². The molecule has 1 rings (SSSR count). The number of hydrogen-bond donors (Lipinski definition) is 3. The van der Waals surface area contributed by atoms with Gasteiger partial charge in [0.15, 0.2) is 0 Å². The highest BCUT2D eigenvalue weighted by Gasteiger charge is 2.22. The molecule has 0 aliphatic carbocycles. The van der Waals surface area contributed by atoms with Gasteiger partial charge in [0.05, 0.1) is 12.2 Å². The van der Waals surface area contributed by atoms with Gasteiger partial charge in [0.2, 0.25) is 0 Å². The minimum Gasteiger partial charge on any atom is -0.390 e. The lowest BCUT2D eigenvalue weighted by atomic mass is 10.1. The molecule has 11 heavy (non-hydrogen) atoms. The molecule has 4 heteroatoms. The Kier molecular flexibility index (Phi) is 3.26. The van der Waals surface area contributed by atoms with E-state index < -0.39 is 12.2 Å². The summed E-state index contributed by atoms with van der Waals surface area (Å²) < 4.78 is 0. The minimum atomic E-state index is -0.624. The summed E-state index contributed by atoms with van der Waals surface area (Å²) >= 11 is 0. The first kappa shape index (κ1) is 8.93. The van der Waals surface area contributed by atoms with Crippen molar-refractivity contribution in [3.05, 3.63) is 0 Å². The normalized spacial score (nSPS) is 35.2. The lowest BCUT2D eigenvalue weighted by molar-refractivity contribution is 0.00906. The first-order valence-corrected chi connectivity index (χ1v) is 4.02. The Bertz CT molecular complexity index is 121. The largest absolute Gasteiger partial charge is 0.390 e. The van der Waals surface area contributed by atoms with Crippen molar-refractivity contribution in [1.29, 1.82) is 0 Å². The van der Waals surface area contributed by atoms with E-state index in [1.165, 1.54) is 0 Å². The molecule has 0 saturated carbocycles. The van der Waals surface area contributed by atoms with Crippen LogP contribution >= 0.6 is 0 Å². The molecule has 1 fully saturated rings. The first-order chi connectivity index (χ1) is 5.24. The van der Waals surface area contributed by atoms with Crippen LogP contribution < -0.4 is 5.73 Å². The fraction of sp³-hybridized carbons (Fsp3) is 1.00. The molecule has 2 atom stereocenters. The number of nitrogens with zero attached hydrogens (tertiary/aromatic N) is 1. The number of hydrogen-bond acceptors (Lipinski definition) is 4. The number of nitrogens with two attached hydrogens (primary N) is 1. The van der Waals surface area contributed by atoms with Crippen LogP contribution in [0.15, 0.2) is 0 Å². The summed E-state index contributed by atoms with van der Waals surface area (Å²) in [4.78, 5) is 1.95. The van der Waals surface area contributed by atoms with Crippen LogP contribution in [0.25, 0.3) is 0 Å². The molecule has 4 N–H and O–H groups in total. The Morgan fingerprint density at radius 2 is 2.09 bits per heavy atom. The van der Waals surface area contributed by atoms with Crippen molar-refractivity contribution < 1.29 is 10.2 Å². The Morgan fingerprint density at radius 3 is 2.73 bits per heavy atom. The molecule has 0 aromatic carbocycles. The smallest absolute Gasteiger partial charge is 0.0926 e. The zero-order chi connectivity index (χ0) is 8.27. The van der Waals surface area contributed by atoms with Crippen LogP contribution in [0.5, 0.6) is 0 Å². The van der Waals surface area contributed by atoms with Gasteiger partial charge in [-0.2, -0.15) is 0 Å². The number of aliphatic hydroxyl groups is 2. The van der Waals surface area contributed by atoms with E-state index >= 15 is 0 Å². The molecule has 1 aliphatic heterocycles. The number of rotatable bonds is 1. The Morgan fingerprint density at radius 1 is 1.36 bits per heavy atom. The van der Waals surface area contributed by atoms with Crippen LogP contribution in [-0.4, -0.2) is 47.1 Å². The highest BCUT2D eigenvalue weighted by atomic mass is 16.3. The van der Waals surface area contributed by atoms with Crippen molar-refractivity contribution >= 4 is 0 Å². The van der Waals surface area contributed by atoms with Crippen molar-refractivity contribution in [2.45, 2.75) is 25.0 Å². The second-order valence-corrected chi connectivity index (χ2v) is 3.04. The van der Waals surface area contributed by atoms with Gasteiger partial charge in [0.25, 0.3) is 0 Å². The van der Waals surface area contributed by atoms with Crippen LogP contribution in [0, 0.1) is 0 Å². The van der Waals surface area contributed by atoms with Gasteiger partial charge in [-0.25, -0.2) is 0 Å². The van der Waals surface area contributed by atoms with Gasteiger partial charge in [0, 0.05) is 13.2 Å². The van der Waals surface area contributed by atoms with Crippen LogP contribution in [0.3, 0.4) is 0 Å². The zero-order valence-corrected chi connectivity index (χ0v) is 6.61. The number of likely N-dealkylation sites (tertiary alicyclic amines) is 1. The lowest BCUT2D eigenvalue weighted by Crippen LogP contribution is -2.38. The second kappa shape index (κ2) is 4.01. The summed E-state index contributed by atoms with van der Waals surface area (Å²) in [6.45, 7) is 1.84. The Labute approximate surface area is 66.6 Å². The average Bonchev–Trinajstić information content (AvgIpc) is 2.15. The summed E-state index contributed by atoms with van der Waals surface area (Å²) in [6.07, 6.45) is 0.403. The van der Waals surface area contributed by atoms with E-state index in [-0.39, 0.29) is 0 Å². The van der Waals surface area contributed by atoms with Crippen molar-refractivity contribution in [3.63, 3.8) is 0 Å². The fourth-order valence-corrected chi connectivity index (χ4v) is 1.36. The number of aliphatic hydroxyl groups excluding tert-OH is 2. The molecule has 1 saturated heterocycles. The topological polar surface area (TPSA) is 69.7 Å². The fourth-order valence-electron chi connectivity index (χ4n) is 1.36. The third-order valence-corrected chi connectivity index (χ3v) is 2.12. The van der Waals surface area contributed by atoms with E-state index in [9.17, 15) is 10.2 Å². The van der Waals surface area contributed by atoms with Crippen LogP contribution in [-0.2, 0) is 0 Å². The van der Waals surface area contributed by atoms with Gasteiger partial charge >= 0.3 is 0 Å². The van der Waals surface area contributed by atoms with Gasteiger partial charge in [-0.05, 0) is 19.4 Å². The molecule has 1 heterocycles. The molecule has 0 amide bonds. The van der Waals surface area contributed by atoms with E-state index in [0.29, 0.717) is 19.6 Å². The highest BCUT2D eigenvalue weighted by molar-refractivity contribution is 4.75. The summed E-state index contributed by atoms with van der Waals surface area (Å²) in [7, 11) is 0. The standard InChI is InChI=1S/C7H16N2O2/c8-5-9-3-1-2-6(10)7(11)4-9/h6-7,10-11H,1-5,8H2. The van der Waals surface area contributed by atoms with E-state index in [1.807, 2.05) is 4.90 Å². The van der Waals surface area contributed by atoms with Gasteiger partial charge in [-0.3, -0.25) is 4.90 Å². The van der Waals surface area contributed by atoms with Crippen molar-refractivity contribution in [2.75, 3.05) is 19.8 Å². The third-order valence-electron chi connectivity index (χ3n) is 2.12. The Hall–Kier alpha value is -0.160. The molecule has 0 bridgehead atoms. The maximum absolute atomic E-state index is 9.31. The summed E-state index contributed by atoms with van der Waals surface area (Å²) in [5.74, 6) is 0.